The zero-order chi connectivity index (χ0) is 27.7. The van der Waals surface area contributed by atoms with Crippen LogP contribution in [-0.4, -0.2) is 57.9 Å². The fraction of sp³-hybridized carbons (Fsp3) is 0.286. The zero-order valence-electron chi connectivity index (χ0n) is 21.6. The Morgan fingerprint density at radius 1 is 0.974 bits per heavy atom. The van der Waals surface area contributed by atoms with Gasteiger partial charge in [-0.3, -0.25) is 13.9 Å². The topological polar surface area (TPSA) is 96.0 Å². The van der Waals surface area contributed by atoms with E-state index in [0.717, 1.165) is 9.87 Å². The molecule has 0 aliphatic heterocycles. The zero-order valence-corrected chi connectivity index (χ0v) is 23.2. The first kappa shape index (κ1) is 29.0. The van der Waals surface area contributed by atoms with Crippen LogP contribution in [0.5, 0.6) is 5.75 Å². The fourth-order valence-corrected chi connectivity index (χ4v) is 5.46. The van der Waals surface area contributed by atoms with E-state index in [4.69, 9.17) is 16.3 Å². The van der Waals surface area contributed by atoms with Crippen LogP contribution in [0.1, 0.15) is 19.4 Å². The van der Waals surface area contributed by atoms with Gasteiger partial charge in [0.05, 0.1) is 17.2 Å². The summed E-state index contributed by atoms with van der Waals surface area (Å²) in [5, 5.41) is 2.96. The van der Waals surface area contributed by atoms with Crippen molar-refractivity contribution in [2.75, 3.05) is 31.0 Å². The smallest absolute Gasteiger partial charge is 0.264 e. The number of amides is 2. The van der Waals surface area contributed by atoms with E-state index in [-0.39, 0.29) is 23.0 Å². The summed E-state index contributed by atoms with van der Waals surface area (Å²) in [6.45, 7) is 3.65. The van der Waals surface area contributed by atoms with Crippen molar-refractivity contribution in [3.8, 4) is 5.75 Å². The predicted octanol–water partition coefficient (Wildman–Crippen LogP) is 4.14. The summed E-state index contributed by atoms with van der Waals surface area (Å²) in [6.07, 6.45) is 0.501. The largest absolute Gasteiger partial charge is 0.494 e. The van der Waals surface area contributed by atoms with E-state index in [1.807, 2.05) is 37.3 Å². The monoisotopic (exact) mass is 557 g/mol. The average Bonchev–Trinajstić information content (AvgIpc) is 2.92. The van der Waals surface area contributed by atoms with E-state index in [2.05, 4.69) is 5.32 Å². The molecule has 0 fully saturated rings. The molecule has 2 amide bonds. The van der Waals surface area contributed by atoms with Gasteiger partial charge in [-0.25, -0.2) is 8.42 Å². The number of nitrogens with one attached hydrogen (secondary N) is 1. The number of anilines is 1. The molecule has 3 rings (SSSR count). The van der Waals surface area contributed by atoms with Gasteiger partial charge in [-0.15, -0.1) is 0 Å². The highest BCUT2D eigenvalue weighted by Gasteiger charge is 2.32. The van der Waals surface area contributed by atoms with Crippen LogP contribution >= 0.6 is 11.6 Å². The molecular weight excluding hydrogens is 526 g/mol. The van der Waals surface area contributed by atoms with Crippen LogP contribution in [-0.2, 0) is 26.0 Å². The molecule has 0 saturated carbocycles. The summed E-state index contributed by atoms with van der Waals surface area (Å²) in [5.74, 6) is -0.285. The van der Waals surface area contributed by atoms with Gasteiger partial charge in [-0.1, -0.05) is 41.9 Å². The number of nitrogens with zero attached hydrogens (tertiary/aromatic N) is 2. The number of rotatable bonds is 12. The van der Waals surface area contributed by atoms with Crippen LogP contribution in [0.2, 0.25) is 5.02 Å². The van der Waals surface area contributed by atoms with Crippen molar-refractivity contribution in [1.82, 2.24) is 10.2 Å². The molecule has 0 heterocycles. The number of benzene rings is 3. The maximum absolute atomic E-state index is 13.8. The van der Waals surface area contributed by atoms with Crippen LogP contribution in [0.3, 0.4) is 0 Å². The van der Waals surface area contributed by atoms with Gasteiger partial charge in [-0.2, -0.15) is 0 Å². The summed E-state index contributed by atoms with van der Waals surface area (Å²) < 4.78 is 34.0. The molecule has 1 atom stereocenters. The summed E-state index contributed by atoms with van der Waals surface area (Å²) in [4.78, 5) is 27.6. The minimum absolute atomic E-state index is 0.0150. The number of likely N-dealkylation sites (N-methyl/N-ethyl adjacent to an activating group) is 1. The summed E-state index contributed by atoms with van der Waals surface area (Å²) in [5.41, 5.74) is 1.28. The molecule has 3 aromatic rings. The second-order valence-electron chi connectivity index (χ2n) is 8.51. The molecule has 10 heteroatoms. The molecule has 0 saturated heterocycles. The highest BCUT2D eigenvalue weighted by molar-refractivity contribution is 7.92. The number of carbonyl (C=O) groups excluding carboxylic acids is 2. The minimum Gasteiger partial charge on any atom is -0.494 e. The van der Waals surface area contributed by atoms with E-state index in [1.165, 1.54) is 36.2 Å². The highest BCUT2D eigenvalue weighted by Crippen LogP contribution is 2.27. The van der Waals surface area contributed by atoms with Gasteiger partial charge < -0.3 is 15.0 Å². The third kappa shape index (κ3) is 7.26. The molecule has 3 aromatic carbocycles. The van der Waals surface area contributed by atoms with Crippen LogP contribution in [0.15, 0.2) is 83.8 Å². The number of sulfonamides is 1. The van der Waals surface area contributed by atoms with E-state index < -0.39 is 28.5 Å². The van der Waals surface area contributed by atoms with Crippen molar-refractivity contribution < 1.29 is 22.7 Å². The predicted molar refractivity (Wildman–Crippen MR) is 149 cm³/mol. The lowest BCUT2D eigenvalue weighted by Crippen LogP contribution is -2.51. The van der Waals surface area contributed by atoms with Gasteiger partial charge in [0.15, 0.2) is 0 Å². The van der Waals surface area contributed by atoms with Crippen molar-refractivity contribution in [3.63, 3.8) is 0 Å². The molecule has 1 N–H and O–H groups in total. The quantitative estimate of drug-likeness (QED) is 0.361. The second-order valence-corrected chi connectivity index (χ2v) is 10.8. The Kier molecular flexibility index (Phi) is 10.2. The number of ether oxygens (including phenoxy) is 1. The van der Waals surface area contributed by atoms with Gasteiger partial charge >= 0.3 is 0 Å². The molecule has 8 nitrogen and oxygen atoms in total. The molecule has 0 aliphatic carbocycles. The van der Waals surface area contributed by atoms with Gasteiger partial charge in [0.2, 0.25) is 11.8 Å². The SMILES string of the molecule is CCOc1ccc(N(CC(=O)N(CCc2ccccc2)C(C)C(=O)NC)S(=O)(=O)c2ccc(Cl)cc2)cc1. The lowest BCUT2D eigenvalue weighted by Gasteiger charge is -2.31. The molecule has 202 valence electrons. The van der Waals surface area contributed by atoms with Crippen molar-refractivity contribution in [2.45, 2.75) is 31.2 Å². The molecule has 0 aromatic heterocycles. The van der Waals surface area contributed by atoms with E-state index in [9.17, 15) is 18.0 Å². The van der Waals surface area contributed by atoms with Crippen LogP contribution in [0.25, 0.3) is 0 Å². The third-order valence-corrected chi connectivity index (χ3v) is 8.05. The van der Waals surface area contributed by atoms with Crippen molar-refractivity contribution in [3.05, 3.63) is 89.4 Å². The maximum Gasteiger partial charge on any atom is 0.264 e. The standard InChI is InChI=1S/C28H32ClN3O5S/c1-4-37-25-14-12-24(13-15-25)32(38(35,36)26-16-10-23(29)11-17-26)20-27(33)31(21(2)28(34)30-3)19-18-22-8-6-5-7-9-22/h5-17,21H,4,18-20H2,1-3H3,(H,30,34). The van der Waals surface area contributed by atoms with Crippen LogP contribution < -0.4 is 14.4 Å². The van der Waals surface area contributed by atoms with Crippen LogP contribution in [0, 0.1) is 0 Å². The molecular formula is C28H32ClN3O5S. The molecule has 0 spiro atoms. The molecule has 0 bridgehead atoms. The number of carbonyl (C=O) groups is 2. The first-order chi connectivity index (χ1) is 18.2. The van der Waals surface area contributed by atoms with Crippen molar-refractivity contribution >= 4 is 39.1 Å². The molecule has 1 unspecified atom stereocenters. The first-order valence-corrected chi connectivity index (χ1v) is 14.0. The highest BCUT2D eigenvalue weighted by atomic mass is 35.5. The Morgan fingerprint density at radius 3 is 2.18 bits per heavy atom. The lowest BCUT2D eigenvalue weighted by atomic mass is 10.1. The summed E-state index contributed by atoms with van der Waals surface area (Å²) in [6, 6.07) is 21.0. The van der Waals surface area contributed by atoms with Crippen molar-refractivity contribution in [2.24, 2.45) is 0 Å². The Balaban J connectivity index is 1.97. The Bertz CT molecular complexity index is 1320. The number of hydrogen-bond donors (Lipinski definition) is 1. The van der Waals surface area contributed by atoms with Gasteiger partial charge in [0, 0.05) is 18.6 Å². The number of halogens is 1. The van der Waals surface area contributed by atoms with Gasteiger partial charge in [0.1, 0.15) is 18.3 Å². The Labute approximate surface area is 229 Å². The third-order valence-electron chi connectivity index (χ3n) is 6.01. The van der Waals surface area contributed by atoms with E-state index >= 15 is 0 Å². The average molecular weight is 558 g/mol. The number of hydrogen-bond acceptors (Lipinski definition) is 5. The van der Waals surface area contributed by atoms with Crippen LogP contribution in [0.4, 0.5) is 5.69 Å². The van der Waals surface area contributed by atoms with Crippen molar-refractivity contribution in [1.29, 1.82) is 0 Å². The summed E-state index contributed by atoms with van der Waals surface area (Å²) in [7, 11) is -2.66. The lowest BCUT2D eigenvalue weighted by molar-refractivity contribution is -0.138. The maximum atomic E-state index is 13.8. The normalized spacial score (nSPS) is 11.9. The minimum atomic E-state index is -4.16. The molecule has 0 radical (unpaired) electrons. The summed E-state index contributed by atoms with van der Waals surface area (Å²) >= 11 is 5.97. The molecule has 0 aliphatic rings. The Morgan fingerprint density at radius 2 is 1.61 bits per heavy atom. The Hall–Kier alpha value is -3.56. The van der Waals surface area contributed by atoms with Gasteiger partial charge in [-0.05, 0) is 74.4 Å². The molecule has 38 heavy (non-hydrogen) atoms. The fourth-order valence-electron chi connectivity index (χ4n) is 3.92. The van der Waals surface area contributed by atoms with Gasteiger partial charge in [0.25, 0.3) is 10.0 Å². The van der Waals surface area contributed by atoms with E-state index in [0.29, 0.717) is 23.8 Å². The first-order valence-electron chi connectivity index (χ1n) is 12.2. The second kappa shape index (κ2) is 13.3. The van der Waals surface area contributed by atoms with E-state index in [1.54, 1.807) is 31.2 Å².